The number of nitrogens with one attached hydrogen (secondary N) is 1. The Balaban J connectivity index is 2.18. The van der Waals surface area contributed by atoms with E-state index in [2.05, 4.69) is 24.1 Å². The van der Waals surface area contributed by atoms with Crippen LogP contribution in [0, 0.1) is 20.8 Å². The first kappa shape index (κ1) is 13.4. The Bertz CT molecular complexity index is 563. The van der Waals surface area contributed by atoms with Crippen molar-refractivity contribution >= 4 is 28.6 Å². The molecule has 96 valence electrons. The van der Waals surface area contributed by atoms with Gasteiger partial charge in [-0.1, -0.05) is 17.7 Å². The third-order valence-electron chi connectivity index (χ3n) is 2.90. The number of halogens is 1. The Morgan fingerprint density at radius 3 is 2.56 bits per heavy atom. The van der Waals surface area contributed by atoms with Gasteiger partial charge in [0.2, 0.25) is 0 Å². The summed E-state index contributed by atoms with van der Waals surface area (Å²) in [7, 11) is 0. The van der Waals surface area contributed by atoms with E-state index in [1.807, 2.05) is 32.0 Å². The van der Waals surface area contributed by atoms with Crippen molar-refractivity contribution < 1.29 is 0 Å². The third-order valence-corrected chi connectivity index (χ3v) is 4.21. The highest BCUT2D eigenvalue weighted by Gasteiger charge is 2.13. The lowest BCUT2D eigenvalue weighted by molar-refractivity contribution is 0.837. The second-order valence-corrected chi connectivity index (χ2v) is 6.32. The minimum absolute atomic E-state index is 0.189. The van der Waals surface area contributed by atoms with Crippen LogP contribution in [0.5, 0.6) is 0 Å². The van der Waals surface area contributed by atoms with E-state index >= 15 is 0 Å². The molecule has 1 unspecified atom stereocenters. The van der Waals surface area contributed by atoms with E-state index in [0.29, 0.717) is 0 Å². The molecule has 1 atom stereocenters. The molecule has 2 aromatic rings. The summed E-state index contributed by atoms with van der Waals surface area (Å²) in [6.45, 7) is 8.27. The molecule has 2 rings (SSSR count). The van der Waals surface area contributed by atoms with Gasteiger partial charge in [0, 0.05) is 15.6 Å². The number of benzene rings is 1. The smallest absolute Gasteiger partial charge is 0.0901 e. The predicted octanol–water partition coefficient (Wildman–Crippen LogP) is 4.89. The molecule has 1 N–H and O–H groups in total. The fourth-order valence-electron chi connectivity index (χ4n) is 1.95. The zero-order chi connectivity index (χ0) is 13.3. The molecule has 0 aliphatic carbocycles. The van der Waals surface area contributed by atoms with Gasteiger partial charge < -0.3 is 5.32 Å². The molecule has 2 nitrogen and oxygen atoms in total. The number of aromatic nitrogens is 1. The molecule has 0 bridgehead atoms. The Kier molecular flexibility index (Phi) is 3.93. The average molecular weight is 281 g/mol. The van der Waals surface area contributed by atoms with E-state index in [0.717, 1.165) is 27.0 Å². The Labute approximate surface area is 117 Å². The summed E-state index contributed by atoms with van der Waals surface area (Å²) in [4.78, 5) is 5.84. The van der Waals surface area contributed by atoms with E-state index in [-0.39, 0.29) is 6.04 Å². The summed E-state index contributed by atoms with van der Waals surface area (Å²) < 4.78 is 0. The van der Waals surface area contributed by atoms with Crippen LogP contribution in [0.15, 0.2) is 18.2 Å². The summed E-state index contributed by atoms with van der Waals surface area (Å²) in [6, 6.07) is 6.22. The van der Waals surface area contributed by atoms with Crippen LogP contribution >= 0.6 is 22.9 Å². The summed E-state index contributed by atoms with van der Waals surface area (Å²) in [5.74, 6) is 0. The molecular weight excluding hydrogens is 264 g/mol. The van der Waals surface area contributed by atoms with E-state index < -0.39 is 0 Å². The Morgan fingerprint density at radius 1 is 1.28 bits per heavy atom. The number of thiazole rings is 1. The van der Waals surface area contributed by atoms with Gasteiger partial charge in [-0.2, -0.15) is 0 Å². The van der Waals surface area contributed by atoms with Crippen LogP contribution in [-0.4, -0.2) is 4.98 Å². The van der Waals surface area contributed by atoms with Crippen molar-refractivity contribution in [3.63, 3.8) is 0 Å². The average Bonchev–Trinajstić information content (AvgIpc) is 2.63. The monoisotopic (exact) mass is 280 g/mol. The maximum atomic E-state index is 6.13. The normalized spacial score (nSPS) is 12.5. The topological polar surface area (TPSA) is 24.9 Å². The van der Waals surface area contributed by atoms with Gasteiger partial charge in [0.15, 0.2) is 0 Å². The number of nitrogens with zero attached hydrogens (tertiary/aromatic N) is 1. The molecule has 0 aliphatic rings. The van der Waals surface area contributed by atoms with Crippen LogP contribution in [0.25, 0.3) is 0 Å². The standard InChI is InChI=1S/C14H17ClN2S/c1-8-5-6-12(7-13(8)15)16-9(2)14-10(3)18-11(4)17-14/h5-7,9,16H,1-4H3. The van der Waals surface area contributed by atoms with Gasteiger partial charge in [-0.05, 0) is 45.4 Å². The highest BCUT2D eigenvalue weighted by molar-refractivity contribution is 7.11. The second kappa shape index (κ2) is 5.29. The predicted molar refractivity (Wildman–Crippen MR) is 79.8 cm³/mol. The van der Waals surface area contributed by atoms with Crippen molar-refractivity contribution in [2.45, 2.75) is 33.7 Å². The number of rotatable bonds is 3. The summed E-state index contributed by atoms with van der Waals surface area (Å²) in [5, 5.41) is 5.34. The van der Waals surface area contributed by atoms with Crippen molar-refractivity contribution in [3.05, 3.63) is 44.4 Å². The maximum absolute atomic E-state index is 6.13. The zero-order valence-corrected chi connectivity index (χ0v) is 12.6. The van der Waals surface area contributed by atoms with Crippen LogP contribution in [-0.2, 0) is 0 Å². The van der Waals surface area contributed by atoms with Gasteiger partial charge in [0.1, 0.15) is 0 Å². The molecule has 1 aromatic heterocycles. The molecule has 0 fully saturated rings. The summed E-state index contributed by atoms with van der Waals surface area (Å²) >= 11 is 7.86. The molecule has 0 saturated heterocycles. The Hall–Kier alpha value is -1.06. The van der Waals surface area contributed by atoms with Gasteiger partial charge >= 0.3 is 0 Å². The van der Waals surface area contributed by atoms with Gasteiger partial charge in [0.05, 0.1) is 16.7 Å². The van der Waals surface area contributed by atoms with Gasteiger partial charge in [-0.15, -0.1) is 11.3 Å². The lowest BCUT2D eigenvalue weighted by Crippen LogP contribution is -2.08. The maximum Gasteiger partial charge on any atom is 0.0901 e. The number of anilines is 1. The summed E-state index contributed by atoms with van der Waals surface area (Å²) in [5.41, 5.74) is 3.24. The van der Waals surface area contributed by atoms with Crippen molar-refractivity contribution in [2.24, 2.45) is 0 Å². The molecule has 0 spiro atoms. The first-order valence-electron chi connectivity index (χ1n) is 5.94. The molecule has 18 heavy (non-hydrogen) atoms. The van der Waals surface area contributed by atoms with E-state index in [4.69, 9.17) is 11.6 Å². The van der Waals surface area contributed by atoms with Gasteiger partial charge in [0.25, 0.3) is 0 Å². The van der Waals surface area contributed by atoms with Gasteiger partial charge in [-0.3, -0.25) is 0 Å². The molecule has 1 aromatic carbocycles. The molecule has 4 heteroatoms. The van der Waals surface area contributed by atoms with Crippen LogP contribution in [0.4, 0.5) is 5.69 Å². The fourth-order valence-corrected chi connectivity index (χ4v) is 3.04. The van der Waals surface area contributed by atoms with Crippen molar-refractivity contribution in [1.82, 2.24) is 4.98 Å². The first-order valence-corrected chi connectivity index (χ1v) is 7.13. The second-order valence-electron chi connectivity index (χ2n) is 4.50. The molecule has 0 amide bonds. The molecular formula is C14H17ClN2S. The van der Waals surface area contributed by atoms with Crippen molar-refractivity contribution in [3.8, 4) is 0 Å². The van der Waals surface area contributed by atoms with Crippen molar-refractivity contribution in [2.75, 3.05) is 5.32 Å². The van der Waals surface area contributed by atoms with Crippen molar-refractivity contribution in [1.29, 1.82) is 0 Å². The minimum Gasteiger partial charge on any atom is -0.377 e. The zero-order valence-electron chi connectivity index (χ0n) is 11.0. The molecule has 1 heterocycles. The van der Waals surface area contributed by atoms with E-state index in [1.165, 1.54) is 4.88 Å². The third kappa shape index (κ3) is 2.85. The minimum atomic E-state index is 0.189. The van der Waals surface area contributed by atoms with Crippen LogP contribution in [0.2, 0.25) is 5.02 Å². The van der Waals surface area contributed by atoms with Crippen LogP contribution in [0.1, 0.15) is 34.1 Å². The first-order chi connectivity index (χ1) is 8.47. The van der Waals surface area contributed by atoms with Crippen LogP contribution in [0.3, 0.4) is 0 Å². The number of hydrogen-bond donors (Lipinski definition) is 1. The van der Waals surface area contributed by atoms with Gasteiger partial charge in [-0.25, -0.2) is 4.98 Å². The van der Waals surface area contributed by atoms with Crippen LogP contribution < -0.4 is 5.32 Å². The summed E-state index contributed by atoms with van der Waals surface area (Å²) in [6.07, 6.45) is 0. The number of aryl methyl sites for hydroxylation is 3. The Morgan fingerprint density at radius 2 is 2.00 bits per heavy atom. The SMILES string of the molecule is Cc1nc(C(C)Nc2ccc(C)c(Cl)c2)c(C)s1. The number of hydrogen-bond acceptors (Lipinski definition) is 3. The lowest BCUT2D eigenvalue weighted by Gasteiger charge is -2.15. The molecule has 0 saturated carbocycles. The molecule has 0 radical (unpaired) electrons. The lowest BCUT2D eigenvalue weighted by atomic mass is 10.2. The quantitative estimate of drug-likeness (QED) is 0.865. The fraction of sp³-hybridized carbons (Fsp3) is 0.357. The van der Waals surface area contributed by atoms with E-state index in [9.17, 15) is 0 Å². The van der Waals surface area contributed by atoms with E-state index in [1.54, 1.807) is 11.3 Å². The molecule has 0 aliphatic heterocycles. The highest BCUT2D eigenvalue weighted by Crippen LogP contribution is 2.27. The highest BCUT2D eigenvalue weighted by atomic mass is 35.5. The largest absolute Gasteiger partial charge is 0.377 e.